The summed E-state index contributed by atoms with van der Waals surface area (Å²) < 4.78 is 18.2. The van der Waals surface area contributed by atoms with E-state index in [2.05, 4.69) is 0 Å². The Hall–Kier alpha value is -1.87. The second-order valence-electron chi connectivity index (χ2n) is 4.07. The predicted octanol–water partition coefficient (Wildman–Crippen LogP) is 3.91. The van der Waals surface area contributed by atoms with Gasteiger partial charge in [0.05, 0.1) is 15.7 Å². The molecular weight excluding hydrogens is 244 g/mol. The molecule has 18 heavy (non-hydrogen) atoms. The summed E-state index contributed by atoms with van der Waals surface area (Å²) in [5.41, 5.74) is 0.786. The fraction of sp³-hybridized carbons (Fsp3) is 0.0667. The Morgan fingerprint density at radius 3 is 2.39 bits per heavy atom. The lowest BCUT2D eigenvalue weighted by Gasteiger charge is -2.00. The molecule has 0 saturated carbocycles. The van der Waals surface area contributed by atoms with Crippen LogP contribution in [0.5, 0.6) is 0 Å². The number of benzene rings is 2. The first kappa shape index (κ1) is 11.2. The van der Waals surface area contributed by atoms with E-state index in [1.807, 2.05) is 61.5 Å². The summed E-state index contributed by atoms with van der Waals surface area (Å²) in [4.78, 5) is 1.57. The molecular formula is C15H12O2S. The van der Waals surface area contributed by atoms with E-state index in [1.165, 1.54) is 0 Å². The molecule has 1 unspecified atom stereocenters. The van der Waals surface area contributed by atoms with Gasteiger partial charge in [0, 0.05) is 10.3 Å². The van der Waals surface area contributed by atoms with Crippen molar-refractivity contribution in [1.82, 2.24) is 0 Å². The topological polar surface area (TPSA) is 30.2 Å². The summed E-state index contributed by atoms with van der Waals surface area (Å²) in [5.74, 6) is 0.721. The fourth-order valence-electron chi connectivity index (χ4n) is 2.04. The van der Waals surface area contributed by atoms with Crippen LogP contribution in [0.4, 0.5) is 0 Å². The smallest absolute Gasteiger partial charge is 0.135 e. The summed E-state index contributed by atoms with van der Waals surface area (Å²) in [6.07, 6.45) is 0. The second kappa shape index (κ2) is 4.42. The maximum Gasteiger partial charge on any atom is 0.135 e. The molecule has 3 aromatic rings. The monoisotopic (exact) mass is 256 g/mol. The highest BCUT2D eigenvalue weighted by atomic mass is 32.2. The Morgan fingerprint density at radius 1 is 0.944 bits per heavy atom. The van der Waals surface area contributed by atoms with Crippen LogP contribution in [-0.2, 0) is 10.8 Å². The number of fused-ring (bicyclic) bond motifs is 1. The quantitative estimate of drug-likeness (QED) is 0.696. The number of hydrogen-bond acceptors (Lipinski definition) is 2. The molecule has 0 fully saturated rings. The van der Waals surface area contributed by atoms with Crippen molar-refractivity contribution in [3.63, 3.8) is 0 Å². The number of aryl methyl sites for hydroxylation is 1. The van der Waals surface area contributed by atoms with Crippen molar-refractivity contribution in [1.29, 1.82) is 0 Å². The molecule has 0 saturated heterocycles. The molecule has 0 spiro atoms. The van der Waals surface area contributed by atoms with Crippen molar-refractivity contribution in [3.05, 3.63) is 60.4 Å². The summed E-state index contributed by atoms with van der Waals surface area (Å²) in [6, 6.07) is 17.1. The van der Waals surface area contributed by atoms with Gasteiger partial charge >= 0.3 is 0 Å². The van der Waals surface area contributed by atoms with Crippen LogP contribution in [0.1, 0.15) is 5.76 Å². The van der Waals surface area contributed by atoms with Gasteiger partial charge in [-0.2, -0.15) is 0 Å². The highest BCUT2D eigenvalue weighted by Gasteiger charge is 2.17. The van der Waals surface area contributed by atoms with Crippen molar-refractivity contribution in [2.45, 2.75) is 16.7 Å². The Balaban J connectivity index is 2.21. The maximum absolute atomic E-state index is 12.6. The standard InChI is InChI=1S/C15H12O2S/c1-11-15(13-9-5-6-10-14(13)17-11)18(16)12-7-3-2-4-8-12/h2-10H,1H3. The lowest BCUT2D eigenvalue weighted by molar-refractivity contribution is 0.566. The molecule has 0 aliphatic heterocycles. The number of hydrogen-bond donors (Lipinski definition) is 0. The van der Waals surface area contributed by atoms with Gasteiger partial charge in [-0.05, 0) is 31.2 Å². The van der Waals surface area contributed by atoms with Crippen LogP contribution in [0.15, 0.2) is 68.8 Å². The van der Waals surface area contributed by atoms with E-state index in [0.717, 1.165) is 26.5 Å². The predicted molar refractivity (Wildman–Crippen MR) is 72.1 cm³/mol. The molecule has 0 bridgehead atoms. The molecule has 0 radical (unpaired) electrons. The van der Waals surface area contributed by atoms with Gasteiger partial charge in [0.25, 0.3) is 0 Å². The molecule has 1 heterocycles. The highest BCUT2D eigenvalue weighted by molar-refractivity contribution is 7.85. The van der Waals surface area contributed by atoms with Crippen molar-refractivity contribution in [3.8, 4) is 0 Å². The maximum atomic E-state index is 12.6. The molecule has 0 aliphatic carbocycles. The zero-order chi connectivity index (χ0) is 12.5. The molecule has 90 valence electrons. The average Bonchev–Trinajstić information content (AvgIpc) is 2.75. The van der Waals surface area contributed by atoms with E-state index in [-0.39, 0.29) is 0 Å². The lowest BCUT2D eigenvalue weighted by atomic mass is 10.2. The van der Waals surface area contributed by atoms with E-state index in [9.17, 15) is 4.21 Å². The Kier molecular flexibility index (Phi) is 2.76. The zero-order valence-corrected chi connectivity index (χ0v) is 10.7. The van der Waals surface area contributed by atoms with Crippen LogP contribution in [0, 0.1) is 6.92 Å². The lowest BCUT2D eigenvalue weighted by Crippen LogP contribution is -1.93. The van der Waals surface area contributed by atoms with Crippen LogP contribution in [0.25, 0.3) is 11.0 Å². The van der Waals surface area contributed by atoms with Crippen LogP contribution >= 0.6 is 0 Å². The van der Waals surface area contributed by atoms with Gasteiger partial charge in [0.2, 0.25) is 0 Å². The fourth-order valence-corrected chi connectivity index (χ4v) is 3.35. The minimum absolute atomic E-state index is 0.721. The Morgan fingerprint density at radius 2 is 1.61 bits per heavy atom. The molecule has 3 heteroatoms. The van der Waals surface area contributed by atoms with E-state index in [0.29, 0.717) is 0 Å². The minimum atomic E-state index is -1.20. The minimum Gasteiger partial charge on any atom is -0.460 e. The summed E-state index contributed by atoms with van der Waals surface area (Å²) >= 11 is 0. The normalized spacial score (nSPS) is 12.7. The molecule has 3 rings (SSSR count). The van der Waals surface area contributed by atoms with E-state index < -0.39 is 10.8 Å². The van der Waals surface area contributed by atoms with Crippen molar-refractivity contribution >= 4 is 21.8 Å². The first-order valence-electron chi connectivity index (χ1n) is 5.72. The summed E-state index contributed by atoms with van der Waals surface area (Å²) in [7, 11) is -1.20. The van der Waals surface area contributed by atoms with Crippen molar-refractivity contribution in [2.24, 2.45) is 0 Å². The van der Waals surface area contributed by atoms with Crippen LogP contribution in [0.2, 0.25) is 0 Å². The average molecular weight is 256 g/mol. The van der Waals surface area contributed by atoms with E-state index in [1.54, 1.807) is 0 Å². The summed E-state index contributed by atoms with van der Waals surface area (Å²) in [5, 5.41) is 0.928. The Labute approximate surface area is 108 Å². The van der Waals surface area contributed by atoms with Crippen LogP contribution < -0.4 is 0 Å². The third-order valence-electron chi connectivity index (χ3n) is 2.86. The van der Waals surface area contributed by atoms with Gasteiger partial charge in [-0.25, -0.2) is 4.21 Å². The first-order chi connectivity index (χ1) is 8.77. The summed E-state index contributed by atoms with van der Waals surface area (Å²) in [6.45, 7) is 1.86. The third-order valence-corrected chi connectivity index (χ3v) is 4.44. The van der Waals surface area contributed by atoms with E-state index in [4.69, 9.17) is 4.42 Å². The van der Waals surface area contributed by atoms with E-state index >= 15 is 0 Å². The highest BCUT2D eigenvalue weighted by Crippen LogP contribution is 2.30. The van der Waals surface area contributed by atoms with Crippen molar-refractivity contribution < 1.29 is 8.63 Å². The Bertz CT molecular complexity index is 714. The first-order valence-corrected chi connectivity index (χ1v) is 6.87. The van der Waals surface area contributed by atoms with Crippen molar-refractivity contribution in [2.75, 3.05) is 0 Å². The van der Waals surface area contributed by atoms with Gasteiger partial charge in [-0.1, -0.05) is 30.3 Å². The van der Waals surface area contributed by atoms with Crippen LogP contribution in [-0.4, -0.2) is 4.21 Å². The number of para-hydroxylation sites is 1. The van der Waals surface area contributed by atoms with Gasteiger partial charge in [-0.15, -0.1) is 0 Å². The number of rotatable bonds is 2. The largest absolute Gasteiger partial charge is 0.460 e. The van der Waals surface area contributed by atoms with Gasteiger partial charge in [-0.3, -0.25) is 0 Å². The molecule has 0 aliphatic rings. The molecule has 2 nitrogen and oxygen atoms in total. The SMILES string of the molecule is Cc1oc2ccccc2c1S(=O)c1ccccc1. The molecule has 0 amide bonds. The zero-order valence-electron chi connectivity index (χ0n) is 9.92. The number of furan rings is 1. The second-order valence-corrected chi connectivity index (χ2v) is 5.48. The molecule has 0 N–H and O–H groups in total. The van der Waals surface area contributed by atoms with Crippen LogP contribution in [0.3, 0.4) is 0 Å². The van der Waals surface area contributed by atoms with Gasteiger partial charge in [0.1, 0.15) is 11.3 Å². The molecule has 1 atom stereocenters. The molecule has 1 aromatic heterocycles. The van der Waals surface area contributed by atoms with Gasteiger partial charge in [0.15, 0.2) is 0 Å². The third kappa shape index (κ3) is 1.77. The van der Waals surface area contributed by atoms with Gasteiger partial charge < -0.3 is 4.42 Å². The molecule has 2 aromatic carbocycles.